The quantitative estimate of drug-likeness (QED) is 0.163. The van der Waals surface area contributed by atoms with Crippen molar-refractivity contribution in [2.24, 2.45) is 0 Å². The third-order valence-corrected chi connectivity index (χ3v) is 6.40. The third-order valence-electron chi connectivity index (χ3n) is 6.40. The van der Waals surface area contributed by atoms with Gasteiger partial charge in [-0.2, -0.15) is 0 Å². The number of amides is 1. The van der Waals surface area contributed by atoms with Crippen molar-refractivity contribution in [2.45, 2.75) is 89.0 Å². The number of benzene rings is 1. The monoisotopic (exact) mass is 599 g/mol. The lowest BCUT2D eigenvalue weighted by Gasteiger charge is -2.45. The fourth-order valence-electron chi connectivity index (χ4n) is 4.52. The Hall–Kier alpha value is -3.18. The molecule has 0 radical (unpaired) electrons. The maximum Gasteiger partial charge on any atom is 0.303 e. The van der Waals surface area contributed by atoms with Gasteiger partial charge in [-0.05, 0) is 5.56 Å². The number of carbonyl (C=O) groups excluding carboxylic acids is 4. The minimum Gasteiger partial charge on any atom is -0.463 e. The number of carbonyl (C=O) groups is 4. The van der Waals surface area contributed by atoms with Crippen LogP contribution in [0.15, 0.2) is 30.3 Å². The van der Waals surface area contributed by atoms with Crippen molar-refractivity contribution in [2.75, 3.05) is 19.8 Å². The number of hydrogen-bond donors (Lipinski definition) is 4. The molecule has 0 bridgehead atoms. The smallest absolute Gasteiger partial charge is 0.303 e. The average molecular weight is 600 g/mol. The summed E-state index contributed by atoms with van der Waals surface area (Å²) in [6, 6.07) is 7.75. The van der Waals surface area contributed by atoms with Crippen LogP contribution >= 0.6 is 0 Å². The third kappa shape index (κ3) is 9.69. The standard InChI is InChI=1S/C27H37NO14/c1-14(30)36-12-20-25(39-15(2)31)26(40-16(3)32)23(27(42-20)38-11-17-7-5-4-6-8-17)28-21(34)13-37-22-9-18(33)24(35)19(10-29)41-22/h4-8,18-20,22-27,29,33,35H,9-13H2,1-3H3,(H,28,34)/t18-,19-,20-,22+,23+,24+,25-,26-,27+/m1/s1. The van der Waals surface area contributed by atoms with Crippen LogP contribution < -0.4 is 5.32 Å². The van der Waals surface area contributed by atoms with Gasteiger partial charge in [0.05, 0.1) is 19.3 Å². The largest absolute Gasteiger partial charge is 0.463 e. The normalized spacial score (nSPS) is 31.0. The topological polar surface area (TPSA) is 206 Å². The highest BCUT2D eigenvalue weighted by Crippen LogP contribution is 2.29. The zero-order valence-corrected chi connectivity index (χ0v) is 23.5. The van der Waals surface area contributed by atoms with Crippen LogP contribution in [0.2, 0.25) is 0 Å². The molecule has 1 aromatic rings. The van der Waals surface area contributed by atoms with Crippen LogP contribution in [0, 0.1) is 0 Å². The van der Waals surface area contributed by atoms with E-state index in [0.717, 1.165) is 19.4 Å². The van der Waals surface area contributed by atoms with Crippen molar-refractivity contribution >= 4 is 23.8 Å². The highest BCUT2D eigenvalue weighted by Gasteiger charge is 2.51. The van der Waals surface area contributed by atoms with Crippen LogP contribution in [0.4, 0.5) is 0 Å². The molecule has 2 fully saturated rings. The Morgan fingerprint density at radius 3 is 2.19 bits per heavy atom. The maximum absolute atomic E-state index is 13.0. The van der Waals surface area contributed by atoms with Crippen LogP contribution in [-0.2, 0) is 58.9 Å². The van der Waals surface area contributed by atoms with Crippen molar-refractivity contribution in [3.05, 3.63) is 35.9 Å². The maximum atomic E-state index is 13.0. The first-order valence-electron chi connectivity index (χ1n) is 13.3. The first-order chi connectivity index (χ1) is 20.0. The SMILES string of the molecule is CC(=O)OC[C@H]1O[C@H](OCc2ccccc2)[C@@H](NC(=O)CO[C@@H]2C[C@@H](O)[C@H](O)[C@@H](CO)O2)[C@@H](OC(C)=O)[C@@H]1OC(C)=O. The molecular weight excluding hydrogens is 562 g/mol. The number of esters is 3. The Kier molecular flexibility index (Phi) is 12.6. The number of ether oxygens (including phenoxy) is 7. The van der Waals surface area contributed by atoms with E-state index in [2.05, 4.69) is 5.32 Å². The van der Waals surface area contributed by atoms with E-state index in [1.165, 1.54) is 6.92 Å². The summed E-state index contributed by atoms with van der Waals surface area (Å²) in [6.07, 6.45) is -10.0. The molecule has 9 atom stereocenters. The van der Waals surface area contributed by atoms with E-state index in [-0.39, 0.29) is 19.6 Å². The van der Waals surface area contributed by atoms with Gasteiger partial charge in [-0.1, -0.05) is 30.3 Å². The minimum absolute atomic E-state index is 0.0123. The summed E-state index contributed by atoms with van der Waals surface area (Å²) in [5.41, 5.74) is 0.755. The van der Waals surface area contributed by atoms with E-state index in [4.69, 9.17) is 33.2 Å². The number of aliphatic hydroxyl groups is 3. The highest BCUT2D eigenvalue weighted by atomic mass is 16.7. The Bertz CT molecular complexity index is 1050. The van der Waals surface area contributed by atoms with Gasteiger partial charge in [0, 0.05) is 27.2 Å². The molecule has 234 valence electrons. The van der Waals surface area contributed by atoms with Crippen molar-refractivity contribution in [3.8, 4) is 0 Å². The van der Waals surface area contributed by atoms with Crippen LogP contribution in [0.25, 0.3) is 0 Å². The van der Waals surface area contributed by atoms with Gasteiger partial charge in [-0.3, -0.25) is 19.2 Å². The molecular formula is C27H37NO14. The van der Waals surface area contributed by atoms with Crippen molar-refractivity contribution in [1.82, 2.24) is 5.32 Å². The van der Waals surface area contributed by atoms with Crippen molar-refractivity contribution < 1.29 is 67.7 Å². The molecule has 0 aliphatic carbocycles. The molecule has 15 nitrogen and oxygen atoms in total. The van der Waals surface area contributed by atoms with Gasteiger partial charge in [-0.25, -0.2) is 0 Å². The average Bonchev–Trinajstić information content (AvgIpc) is 2.94. The summed E-state index contributed by atoms with van der Waals surface area (Å²) < 4.78 is 38.8. The lowest BCUT2D eigenvalue weighted by molar-refractivity contribution is -0.281. The second-order valence-corrected chi connectivity index (χ2v) is 9.77. The first kappa shape index (κ1) is 33.3. The Labute approximate surface area is 241 Å². The fraction of sp³-hybridized carbons (Fsp3) is 0.630. The summed E-state index contributed by atoms with van der Waals surface area (Å²) in [5, 5.41) is 31.9. The van der Waals surface area contributed by atoms with Gasteiger partial charge in [0.1, 0.15) is 37.6 Å². The minimum atomic E-state index is -1.34. The molecule has 1 aromatic carbocycles. The Balaban J connectivity index is 1.82. The second kappa shape index (κ2) is 15.9. The molecule has 2 aliphatic heterocycles. The molecule has 2 aliphatic rings. The van der Waals surface area contributed by atoms with Gasteiger partial charge in [0.25, 0.3) is 0 Å². The molecule has 1 amide bonds. The van der Waals surface area contributed by atoms with Crippen molar-refractivity contribution in [1.29, 1.82) is 0 Å². The van der Waals surface area contributed by atoms with Crippen molar-refractivity contribution in [3.63, 3.8) is 0 Å². The van der Waals surface area contributed by atoms with E-state index in [0.29, 0.717) is 0 Å². The fourth-order valence-corrected chi connectivity index (χ4v) is 4.52. The summed E-state index contributed by atoms with van der Waals surface area (Å²) in [7, 11) is 0. The van der Waals surface area contributed by atoms with Gasteiger partial charge >= 0.3 is 17.9 Å². The number of aliphatic hydroxyl groups excluding tert-OH is 3. The van der Waals surface area contributed by atoms with Gasteiger partial charge in [0.2, 0.25) is 5.91 Å². The predicted molar refractivity (Wildman–Crippen MR) is 138 cm³/mol. The Morgan fingerprint density at radius 2 is 1.57 bits per heavy atom. The van der Waals surface area contributed by atoms with Crippen LogP contribution in [-0.4, -0.2) is 114 Å². The summed E-state index contributed by atoms with van der Waals surface area (Å²) >= 11 is 0. The zero-order chi connectivity index (χ0) is 30.8. The predicted octanol–water partition coefficient (Wildman–Crippen LogP) is -1.31. The molecule has 0 aromatic heterocycles. The second-order valence-electron chi connectivity index (χ2n) is 9.77. The van der Waals surface area contributed by atoms with E-state index >= 15 is 0 Å². The van der Waals surface area contributed by atoms with Gasteiger partial charge in [-0.15, -0.1) is 0 Å². The van der Waals surface area contributed by atoms with Crippen LogP contribution in [0.5, 0.6) is 0 Å². The molecule has 0 spiro atoms. The van der Waals surface area contributed by atoms with Crippen LogP contribution in [0.1, 0.15) is 32.8 Å². The zero-order valence-electron chi connectivity index (χ0n) is 23.5. The summed E-state index contributed by atoms with van der Waals surface area (Å²) in [6.45, 7) is 1.87. The molecule has 15 heteroatoms. The van der Waals surface area contributed by atoms with Gasteiger partial charge < -0.3 is 53.8 Å². The first-order valence-corrected chi connectivity index (χ1v) is 13.3. The highest BCUT2D eigenvalue weighted by molar-refractivity contribution is 5.78. The van der Waals surface area contributed by atoms with E-state index < -0.39 is 92.3 Å². The molecule has 42 heavy (non-hydrogen) atoms. The summed E-state index contributed by atoms with van der Waals surface area (Å²) in [4.78, 5) is 48.7. The summed E-state index contributed by atoms with van der Waals surface area (Å²) in [5.74, 6) is -2.90. The van der Waals surface area contributed by atoms with Crippen LogP contribution in [0.3, 0.4) is 0 Å². The van der Waals surface area contributed by atoms with E-state index in [1.807, 2.05) is 6.07 Å². The molecule has 4 N–H and O–H groups in total. The number of nitrogens with one attached hydrogen (secondary N) is 1. The molecule has 2 saturated heterocycles. The van der Waals surface area contributed by atoms with E-state index in [9.17, 15) is 34.5 Å². The van der Waals surface area contributed by atoms with Gasteiger partial charge in [0.15, 0.2) is 24.8 Å². The molecule has 0 unspecified atom stereocenters. The molecule has 2 heterocycles. The Morgan fingerprint density at radius 1 is 0.905 bits per heavy atom. The molecule has 3 rings (SSSR count). The van der Waals surface area contributed by atoms with E-state index in [1.54, 1.807) is 24.3 Å². The lowest BCUT2D eigenvalue weighted by Crippen LogP contribution is -2.67. The molecule has 0 saturated carbocycles. The number of rotatable bonds is 12. The number of hydrogen-bond acceptors (Lipinski definition) is 14. The lowest BCUT2D eigenvalue weighted by atomic mass is 9.96.